The third kappa shape index (κ3) is 2.16. The fourth-order valence-corrected chi connectivity index (χ4v) is 1.76. The molecule has 2 heterocycles. The van der Waals surface area contributed by atoms with Gasteiger partial charge >= 0.3 is 5.69 Å². The van der Waals surface area contributed by atoms with E-state index in [1.54, 1.807) is 0 Å². The van der Waals surface area contributed by atoms with Gasteiger partial charge in [-0.2, -0.15) is 0 Å². The van der Waals surface area contributed by atoms with Gasteiger partial charge in [0, 0.05) is 19.6 Å². The van der Waals surface area contributed by atoms with Crippen LogP contribution in [-0.4, -0.2) is 33.5 Å². The summed E-state index contributed by atoms with van der Waals surface area (Å²) in [6, 6.07) is 0. The predicted octanol–water partition coefficient (Wildman–Crippen LogP) is -0.537. The summed E-state index contributed by atoms with van der Waals surface area (Å²) in [6.07, 6.45) is -2.07. The number of nitrogens with zero attached hydrogens (tertiary/aromatic N) is 1. The van der Waals surface area contributed by atoms with Crippen LogP contribution in [0.2, 0.25) is 0 Å². The monoisotopic (exact) mass is 246 g/mol. The van der Waals surface area contributed by atoms with Crippen LogP contribution in [0.4, 0.5) is 4.39 Å². The van der Waals surface area contributed by atoms with Crippen molar-refractivity contribution >= 4 is 0 Å². The predicted molar refractivity (Wildman–Crippen MR) is 56.6 cm³/mol. The summed E-state index contributed by atoms with van der Waals surface area (Å²) >= 11 is 0. The molecule has 0 unspecified atom stereocenters. The number of alkyl halides is 1. The average molecular weight is 246 g/mol. The Morgan fingerprint density at radius 2 is 2.53 bits per heavy atom. The molecule has 2 N–H and O–H groups in total. The molecule has 6 nitrogen and oxygen atoms in total. The molecule has 1 aliphatic heterocycles. The Bertz CT molecular complexity index is 543. The van der Waals surface area contributed by atoms with E-state index in [1.807, 2.05) is 4.98 Å². The summed E-state index contributed by atoms with van der Waals surface area (Å²) in [5, 5.41) is 8.88. The first kappa shape index (κ1) is 10.7. The molecule has 7 heteroatoms. The minimum atomic E-state index is -1.36. The van der Waals surface area contributed by atoms with Gasteiger partial charge in [-0.3, -0.25) is 14.3 Å². The number of ether oxygens (including phenoxy) is 1. The molecule has 1 aromatic heterocycles. The van der Waals surface area contributed by atoms with Crippen molar-refractivity contribution in [3.63, 3.8) is 0 Å². The van der Waals surface area contributed by atoms with Crippen LogP contribution < -0.4 is 11.2 Å². The lowest BCUT2D eigenvalue weighted by molar-refractivity contribution is -0.0356. The van der Waals surface area contributed by atoms with E-state index >= 15 is 0 Å². The second-order valence-electron chi connectivity index (χ2n) is 3.88. The van der Waals surface area contributed by atoms with Crippen LogP contribution in [-0.2, 0) is 4.74 Å². The zero-order valence-corrected chi connectivity index (χ0v) is 8.93. The van der Waals surface area contributed by atoms with E-state index in [0.29, 0.717) is 0 Å². The number of aliphatic hydroxyl groups is 1. The molecule has 0 aliphatic carbocycles. The largest absolute Gasteiger partial charge is 0.394 e. The Hall–Kier alpha value is -1.47. The fraction of sp³-hybridized carbons (Fsp3) is 0.600. The molecule has 1 aromatic rings. The van der Waals surface area contributed by atoms with Crippen LogP contribution in [0.15, 0.2) is 15.8 Å². The standard InChI is InChI=1S/C10H13FN2O4/c1-5-3-13(10(16)12-9(5)15)8-2-6(11)7(4-14)17-8/h3,6-8,14H,2,4H2,1H3,(H,12,15,16)/t6-,7+,8+/m0/s1/i1T. The first-order valence-electron chi connectivity index (χ1n) is 5.81. The first-order valence-corrected chi connectivity index (χ1v) is 5.10. The second-order valence-corrected chi connectivity index (χ2v) is 3.88. The van der Waals surface area contributed by atoms with Gasteiger partial charge in [0.05, 0.1) is 6.61 Å². The number of aromatic nitrogens is 2. The minimum absolute atomic E-state index is 0.0748. The summed E-state index contributed by atoms with van der Waals surface area (Å²) in [5.41, 5.74) is -1.24. The fourth-order valence-electron chi connectivity index (χ4n) is 1.76. The van der Waals surface area contributed by atoms with Gasteiger partial charge in [-0.25, -0.2) is 9.18 Å². The van der Waals surface area contributed by atoms with Crippen LogP contribution >= 0.6 is 0 Å². The van der Waals surface area contributed by atoms with Crippen LogP contribution in [0.3, 0.4) is 0 Å². The zero-order chi connectivity index (χ0) is 13.3. The number of hydrogen-bond acceptors (Lipinski definition) is 4. The number of aryl methyl sites for hydroxylation is 1. The molecule has 2 rings (SSSR count). The van der Waals surface area contributed by atoms with Crippen LogP contribution in [0.5, 0.6) is 0 Å². The van der Waals surface area contributed by atoms with Crippen molar-refractivity contribution in [2.24, 2.45) is 0 Å². The number of halogens is 1. The number of aromatic amines is 1. The van der Waals surface area contributed by atoms with Gasteiger partial charge in [0.2, 0.25) is 0 Å². The zero-order valence-electron chi connectivity index (χ0n) is 9.93. The highest BCUT2D eigenvalue weighted by Crippen LogP contribution is 2.29. The molecule has 0 bridgehead atoms. The highest BCUT2D eigenvalue weighted by atomic mass is 19.1. The van der Waals surface area contributed by atoms with E-state index < -0.39 is 36.4 Å². The van der Waals surface area contributed by atoms with Gasteiger partial charge in [-0.15, -0.1) is 0 Å². The maximum Gasteiger partial charge on any atom is 0.330 e. The lowest BCUT2D eigenvalue weighted by atomic mass is 10.2. The van der Waals surface area contributed by atoms with Crippen molar-refractivity contribution in [2.45, 2.75) is 31.8 Å². The minimum Gasteiger partial charge on any atom is -0.394 e. The second kappa shape index (κ2) is 4.42. The molecule has 0 saturated carbocycles. The van der Waals surface area contributed by atoms with Crippen LogP contribution in [0.1, 0.15) is 19.6 Å². The molecular formula is C10H13FN2O4. The number of hydrogen-bond donors (Lipinski definition) is 2. The SMILES string of the molecule is [3H]Cc1cn([C@H]2C[C@H](F)[C@@H](CO)O2)c(=O)[nH]c1=O. The smallest absolute Gasteiger partial charge is 0.330 e. The molecule has 0 spiro atoms. The topological polar surface area (TPSA) is 84.3 Å². The van der Waals surface area contributed by atoms with E-state index in [1.165, 1.54) is 6.20 Å². The maximum atomic E-state index is 13.4. The van der Waals surface area contributed by atoms with Gasteiger partial charge in [0.25, 0.3) is 5.56 Å². The highest BCUT2D eigenvalue weighted by Gasteiger charge is 2.36. The normalized spacial score (nSPS) is 29.3. The Labute approximate surface area is 97.1 Å². The molecule has 0 radical (unpaired) electrons. The molecule has 94 valence electrons. The molecule has 0 amide bonds. The molecule has 0 aromatic carbocycles. The van der Waals surface area contributed by atoms with Crippen molar-refractivity contribution in [2.75, 3.05) is 6.61 Å². The Morgan fingerprint density at radius 1 is 1.76 bits per heavy atom. The van der Waals surface area contributed by atoms with E-state index in [9.17, 15) is 14.0 Å². The van der Waals surface area contributed by atoms with Gasteiger partial charge in [0.1, 0.15) is 18.5 Å². The van der Waals surface area contributed by atoms with Crippen molar-refractivity contribution in [1.82, 2.24) is 9.55 Å². The highest BCUT2D eigenvalue weighted by molar-refractivity contribution is 5.02. The number of aliphatic hydroxyl groups excluding tert-OH is 1. The first-order chi connectivity index (χ1) is 8.56. The third-order valence-corrected chi connectivity index (χ3v) is 2.69. The molecule has 1 fully saturated rings. The molecule has 3 atom stereocenters. The van der Waals surface area contributed by atoms with Gasteiger partial charge in [-0.05, 0) is 6.90 Å². The summed E-state index contributed by atoms with van der Waals surface area (Å²) in [7, 11) is 0. The summed E-state index contributed by atoms with van der Waals surface area (Å²) < 4.78 is 26.8. The van der Waals surface area contributed by atoms with E-state index in [2.05, 4.69) is 0 Å². The van der Waals surface area contributed by atoms with Gasteiger partial charge in [-0.1, -0.05) is 0 Å². The maximum absolute atomic E-state index is 13.4. The Balaban J connectivity index is 2.35. The molecule has 1 aliphatic rings. The van der Waals surface area contributed by atoms with E-state index in [-0.39, 0.29) is 18.9 Å². The van der Waals surface area contributed by atoms with Crippen molar-refractivity contribution in [1.29, 1.82) is 0 Å². The molecular weight excluding hydrogens is 231 g/mol. The van der Waals surface area contributed by atoms with Crippen molar-refractivity contribution < 1.29 is 15.6 Å². The average Bonchev–Trinajstić information content (AvgIpc) is 2.70. The summed E-state index contributed by atoms with van der Waals surface area (Å²) in [6.45, 7) is -0.758. The van der Waals surface area contributed by atoms with Crippen LogP contribution in [0, 0.1) is 6.90 Å². The molecule has 1 saturated heterocycles. The lowest BCUT2D eigenvalue weighted by Gasteiger charge is -2.14. The van der Waals surface area contributed by atoms with E-state index in [0.717, 1.165) is 4.57 Å². The summed E-state index contributed by atoms with van der Waals surface area (Å²) in [5.74, 6) is 0. The van der Waals surface area contributed by atoms with Gasteiger partial charge < -0.3 is 9.84 Å². The number of rotatable bonds is 2. The number of H-pyrrole nitrogens is 1. The Morgan fingerprint density at radius 3 is 3.12 bits per heavy atom. The third-order valence-electron chi connectivity index (χ3n) is 2.69. The van der Waals surface area contributed by atoms with E-state index in [4.69, 9.17) is 11.2 Å². The quantitative estimate of drug-likeness (QED) is 0.734. The Kier molecular flexibility index (Phi) is 2.77. The number of nitrogens with one attached hydrogen (secondary N) is 1. The van der Waals surface area contributed by atoms with Crippen molar-refractivity contribution in [3.8, 4) is 0 Å². The van der Waals surface area contributed by atoms with Gasteiger partial charge in [0.15, 0.2) is 0 Å². The lowest BCUT2D eigenvalue weighted by Crippen LogP contribution is -2.33. The van der Waals surface area contributed by atoms with Crippen LogP contribution in [0.25, 0.3) is 0 Å². The summed E-state index contributed by atoms with van der Waals surface area (Å²) in [4.78, 5) is 24.9. The van der Waals surface area contributed by atoms with Crippen molar-refractivity contribution in [3.05, 3.63) is 32.6 Å². The molecule has 17 heavy (non-hydrogen) atoms.